The highest BCUT2D eigenvalue weighted by atomic mass is 16.3. The Morgan fingerprint density at radius 2 is 2.06 bits per heavy atom. The average Bonchev–Trinajstić information content (AvgIpc) is 3.35. The van der Waals surface area contributed by atoms with Gasteiger partial charge in [-0.1, -0.05) is 31.4 Å². The van der Waals surface area contributed by atoms with Crippen molar-refractivity contribution < 1.29 is 14.7 Å². The number of nitrogens with zero attached hydrogens (tertiary/aromatic N) is 2. The van der Waals surface area contributed by atoms with Crippen LogP contribution in [-0.4, -0.2) is 60.6 Å². The number of hydrogen-bond acceptors (Lipinski definition) is 7. The van der Waals surface area contributed by atoms with Crippen LogP contribution in [0.3, 0.4) is 0 Å². The number of hydrogen-bond donors (Lipinski definition) is 4. The number of fused-ring (bicyclic) bond motifs is 1. The number of benzene rings is 1. The number of β-amino-alcohol motifs (C(OH)–C–C–N with tert-alkyl or cyclic N) is 1. The fraction of sp³-hybridized carbons (Fsp3) is 0.536. The molecule has 2 fully saturated rings. The van der Waals surface area contributed by atoms with Gasteiger partial charge in [-0.05, 0) is 55.9 Å². The third-order valence-electron chi connectivity index (χ3n) is 7.33. The SMILES string of the molecule is CN(c1ccc2c(c1)NCCC2)C(C(=O)NC1CCCCC1)c1cccnc1.O=CC1CC(O)CN1. The van der Waals surface area contributed by atoms with E-state index in [1.807, 2.05) is 19.2 Å². The number of carbonyl (C=O) groups excluding carboxylic acids is 2. The van der Waals surface area contributed by atoms with E-state index in [1.165, 1.54) is 36.9 Å². The van der Waals surface area contributed by atoms with Crippen molar-refractivity contribution in [2.75, 3.05) is 30.4 Å². The van der Waals surface area contributed by atoms with Crippen LogP contribution in [0.15, 0.2) is 42.7 Å². The Balaban J connectivity index is 0.000000325. The summed E-state index contributed by atoms with van der Waals surface area (Å²) in [5.74, 6) is 0.0630. The molecule has 8 heteroatoms. The van der Waals surface area contributed by atoms with Crippen LogP contribution in [0.5, 0.6) is 0 Å². The van der Waals surface area contributed by atoms with E-state index in [-0.39, 0.29) is 18.1 Å². The smallest absolute Gasteiger partial charge is 0.247 e. The maximum absolute atomic E-state index is 13.3. The summed E-state index contributed by atoms with van der Waals surface area (Å²) in [4.78, 5) is 29.6. The largest absolute Gasteiger partial charge is 0.392 e. The van der Waals surface area contributed by atoms with E-state index >= 15 is 0 Å². The zero-order chi connectivity index (χ0) is 25.3. The van der Waals surface area contributed by atoms with Crippen LogP contribution in [0.4, 0.5) is 11.4 Å². The number of aryl methyl sites for hydroxylation is 1. The minimum atomic E-state index is -0.391. The molecule has 0 bridgehead atoms. The molecule has 3 aliphatic rings. The van der Waals surface area contributed by atoms with Crippen molar-refractivity contribution in [1.82, 2.24) is 15.6 Å². The number of pyridine rings is 1. The van der Waals surface area contributed by atoms with Gasteiger partial charge in [-0.25, -0.2) is 0 Å². The molecule has 8 nitrogen and oxygen atoms in total. The standard InChI is InChI=1S/C23H30N4O.C5H9NO2/c1-27(20-12-11-17-7-6-14-25-21(17)15-20)22(18-8-5-13-24-16-18)23(28)26-19-9-3-2-4-10-19;7-3-4-1-5(8)2-6-4/h5,8,11-13,15-16,19,22,25H,2-4,6-7,9-10,14H2,1H3,(H,26,28);3-6,8H,1-2H2. The lowest BCUT2D eigenvalue weighted by atomic mass is 9.94. The van der Waals surface area contributed by atoms with Gasteiger partial charge in [-0.3, -0.25) is 9.78 Å². The van der Waals surface area contributed by atoms with Crippen molar-refractivity contribution in [3.05, 3.63) is 53.9 Å². The molecule has 1 aromatic heterocycles. The molecular formula is C28H39N5O3. The number of aromatic nitrogens is 1. The van der Waals surface area contributed by atoms with Crippen molar-refractivity contribution in [3.8, 4) is 0 Å². The minimum Gasteiger partial charge on any atom is -0.392 e. The zero-order valence-corrected chi connectivity index (χ0v) is 21.2. The first-order valence-corrected chi connectivity index (χ1v) is 13.2. The summed E-state index contributed by atoms with van der Waals surface area (Å²) in [7, 11) is 2.00. The van der Waals surface area contributed by atoms with Gasteiger partial charge in [-0.2, -0.15) is 0 Å². The van der Waals surface area contributed by atoms with Gasteiger partial charge >= 0.3 is 0 Å². The van der Waals surface area contributed by atoms with E-state index in [4.69, 9.17) is 5.11 Å². The van der Waals surface area contributed by atoms with E-state index in [9.17, 15) is 9.59 Å². The van der Waals surface area contributed by atoms with Gasteiger partial charge in [0.2, 0.25) is 5.91 Å². The number of likely N-dealkylation sites (N-methyl/N-ethyl adjacent to an activating group) is 1. The molecule has 1 aliphatic carbocycles. The summed E-state index contributed by atoms with van der Waals surface area (Å²) in [5.41, 5.74) is 4.51. The predicted molar refractivity (Wildman–Crippen MR) is 142 cm³/mol. The van der Waals surface area contributed by atoms with Crippen molar-refractivity contribution in [2.45, 2.75) is 75.6 Å². The second-order valence-electron chi connectivity index (χ2n) is 10.1. The molecule has 36 heavy (non-hydrogen) atoms. The van der Waals surface area contributed by atoms with Crippen LogP contribution < -0.4 is 20.9 Å². The highest BCUT2D eigenvalue weighted by molar-refractivity contribution is 5.87. The summed E-state index contributed by atoms with van der Waals surface area (Å²) in [6.07, 6.45) is 12.8. The third-order valence-corrected chi connectivity index (χ3v) is 7.33. The molecule has 2 aromatic rings. The van der Waals surface area contributed by atoms with Crippen LogP contribution in [0.2, 0.25) is 0 Å². The summed E-state index contributed by atoms with van der Waals surface area (Å²) >= 11 is 0. The molecular weight excluding hydrogens is 454 g/mol. The summed E-state index contributed by atoms with van der Waals surface area (Å²) in [6, 6.07) is 10.2. The lowest BCUT2D eigenvalue weighted by Crippen LogP contribution is -2.44. The van der Waals surface area contributed by atoms with Crippen LogP contribution in [0, 0.1) is 0 Å². The van der Waals surface area contributed by atoms with Gasteiger partial charge in [0.15, 0.2) is 0 Å². The van der Waals surface area contributed by atoms with Gasteiger partial charge in [0, 0.05) is 55.5 Å². The van der Waals surface area contributed by atoms with Gasteiger partial charge in [0.1, 0.15) is 12.3 Å². The molecule has 3 atom stereocenters. The Kier molecular flexibility index (Phi) is 9.30. The van der Waals surface area contributed by atoms with E-state index in [0.29, 0.717) is 19.0 Å². The minimum absolute atomic E-state index is 0.0630. The number of aliphatic hydroxyl groups excluding tert-OH is 1. The number of anilines is 2. The monoisotopic (exact) mass is 493 g/mol. The molecule has 194 valence electrons. The van der Waals surface area contributed by atoms with Crippen LogP contribution in [0.1, 0.15) is 62.1 Å². The fourth-order valence-electron chi connectivity index (χ4n) is 5.28. The van der Waals surface area contributed by atoms with E-state index in [1.54, 1.807) is 12.4 Å². The van der Waals surface area contributed by atoms with E-state index in [0.717, 1.165) is 43.3 Å². The number of amides is 1. The predicted octanol–water partition coefficient (Wildman–Crippen LogP) is 2.97. The van der Waals surface area contributed by atoms with Gasteiger partial charge in [0.25, 0.3) is 0 Å². The molecule has 1 amide bonds. The second-order valence-corrected chi connectivity index (χ2v) is 10.1. The number of rotatable bonds is 6. The quantitative estimate of drug-likeness (QED) is 0.459. The lowest BCUT2D eigenvalue weighted by molar-refractivity contribution is -0.123. The summed E-state index contributed by atoms with van der Waals surface area (Å²) < 4.78 is 0. The van der Waals surface area contributed by atoms with Crippen LogP contribution in [0.25, 0.3) is 0 Å². The first-order valence-electron chi connectivity index (χ1n) is 13.2. The number of aldehydes is 1. The Labute approximate surface area is 213 Å². The molecule has 3 unspecified atom stereocenters. The molecule has 1 aromatic carbocycles. The van der Waals surface area contributed by atoms with Crippen molar-refractivity contribution in [2.24, 2.45) is 0 Å². The summed E-state index contributed by atoms with van der Waals surface area (Å²) in [5, 5.41) is 18.4. The third kappa shape index (κ3) is 6.83. The Bertz CT molecular complexity index is 996. The number of carbonyl (C=O) groups is 2. The number of aliphatic hydroxyl groups is 1. The normalized spacial score (nSPS) is 22.3. The Morgan fingerprint density at radius 1 is 1.22 bits per heavy atom. The Morgan fingerprint density at radius 3 is 2.72 bits per heavy atom. The molecule has 4 N–H and O–H groups in total. The van der Waals surface area contributed by atoms with Crippen molar-refractivity contribution in [1.29, 1.82) is 0 Å². The maximum Gasteiger partial charge on any atom is 0.247 e. The first kappa shape index (κ1) is 26.1. The molecule has 2 aliphatic heterocycles. The van der Waals surface area contributed by atoms with Gasteiger partial charge in [0.05, 0.1) is 12.1 Å². The Hall–Kier alpha value is -2.97. The summed E-state index contributed by atoms with van der Waals surface area (Å²) in [6.45, 7) is 1.57. The van der Waals surface area contributed by atoms with Crippen LogP contribution in [-0.2, 0) is 16.0 Å². The topological polar surface area (TPSA) is 107 Å². The average molecular weight is 494 g/mol. The molecule has 0 spiro atoms. The van der Waals surface area contributed by atoms with Gasteiger partial charge < -0.3 is 30.8 Å². The fourth-order valence-corrected chi connectivity index (χ4v) is 5.28. The van der Waals surface area contributed by atoms with Crippen molar-refractivity contribution in [3.63, 3.8) is 0 Å². The molecule has 1 saturated heterocycles. The first-order chi connectivity index (χ1) is 17.5. The zero-order valence-electron chi connectivity index (χ0n) is 21.2. The van der Waals surface area contributed by atoms with Gasteiger partial charge in [-0.15, -0.1) is 0 Å². The molecule has 1 saturated carbocycles. The highest BCUT2D eigenvalue weighted by Crippen LogP contribution is 2.32. The molecule has 5 rings (SSSR count). The molecule has 3 heterocycles. The molecule has 0 radical (unpaired) electrons. The maximum atomic E-state index is 13.3. The number of nitrogens with one attached hydrogen (secondary N) is 3. The van der Waals surface area contributed by atoms with E-state index < -0.39 is 6.04 Å². The van der Waals surface area contributed by atoms with Crippen molar-refractivity contribution >= 4 is 23.6 Å². The lowest BCUT2D eigenvalue weighted by Gasteiger charge is -2.32. The van der Waals surface area contributed by atoms with Crippen LogP contribution >= 0.6 is 0 Å². The van der Waals surface area contributed by atoms with E-state index in [2.05, 4.69) is 44.0 Å². The highest BCUT2D eigenvalue weighted by Gasteiger charge is 2.28. The second kappa shape index (κ2) is 12.8.